The number of rotatable bonds is 5. The molecule has 6 rings (SSSR count). The van der Waals surface area contributed by atoms with Crippen LogP contribution >= 0.6 is 0 Å². The number of carbonyl (C=O) groups excluding carboxylic acids is 2. The van der Waals surface area contributed by atoms with Crippen LogP contribution in [0.25, 0.3) is 11.2 Å². The summed E-state index contributed by atoms with van der Waals surface area (Å²) in [6, 6.07) is 20.3. The van der Waals surface area contributed by atoms with Crippen LogP contribution in [-0.4, -0.2) is 68.4 Å². The molecule has 0 spiro atoms. The van der Waals surface area contributed by atoms with Gasteiger partial charge in [-0.2, -0.15) is 0 Å². The van der Waals surface area contributed by atoms with Gasteiger partial charge in [-0.3, -0.25) is 9.59 Å². The van der Waals surface area contributed by atoms with Gasteiger partial charge in [0.15, 0.2) is 5.65 Å². The van der Waals surface area contributed by atoms with Gasteiger partial charge in [-0.1, -0.05) is 42.5 Å². The number of pyridine rings is 1. The average Bonchev–Trinajstić information content (AvgIpc) is 3.38. The van der Waals surface area contributed by atoms with E-state index >= 15 is 0 Å². The lowest BCUT2D eigenvalue weighted by atomic mass is 9.94. The number of piperazine rings is 1. The summed E-state index contributed by atoms with van der Waals surface area (Å²) < 4.78 is 1.83. The number of anilines is 1. The summed E-state index contributed by atoms with van der Waals surface area (Å²) >= 11 is 0. The Morgan fingerprint density at radius 1 is 0.974 bits per heavy atom. The van der Waals surface area contributed by atoms with E-state index in [1.165, 1.54) is 16.8 Å². The van der Waals surface area contributed by atoms with Crippen LogP contribution in [0.4, 0.5) is 5.69 Å². The lowest BCUT2D eigenvalue weighted by molar-refractivity contribution is -0.134. The van der Waals surface area contributed by atoms with E-state index < -0.39 is 0 Å². The highest BCUT2D eigenvalue weighted by molar-refractivity contribution is 5.84. The van der Waals surface area contributed by atoms with Gasteiger partial charge in [0.2, 0.25) is 11.8 Å². The van der Waals surface area contributed by atoms with Gasteiger partial charge < -0.3 is 19.3 Å². The second-order valence-electron chi connectivity index (χ2n) is 10.7. The number of imidazole rings is 1. The Hall–Kier alpha value is -4.20. The maximum absolute atomic E-state index is 13.4. The number of carbonyl (C=O) groups is 2. The summed E-state index contributed by atoms with van der Waals surface area (Å²) in [5.41, 5.74) is 6.31. The molecule has 1 saturated heterocycles. The van der Waals surface area contributed by atoms with E-state index in [1.54, 1.807) is 12.5 Å². The molecule has 8 nitrogen and oxygen atoms in total. The van der Waals surface area contributed by atoms with E-state index in [9.17, 15) is 9.59 Å². The molecule has 0 bridgehead atoms. The van der Waals surface area contributed by atoms with Crippen LogP contribution < -0.4 is 4.90 Å². The molecule has 0 N–H and O–H groups in total. The molecule has 4 heterocycles. The molecular formula is C31H34N6O2. The fraction of sp³-hybridized carbons (Fsp3) is 0.355. The number of aromatic nitrogens is 3. The summed E-state index contributed by atoms with van der Waals surface area (Å²) in [5.74, 6) is 0.0816. The Morgan fingerprint density at radius 2 is 1.82 bits per heavy atom. The Labute approximate surface area is 228 Å². The molecule has 2 unspecified atom stereocenters. The number of fused-ring (bicyclic) bond motifs is 2. The minimum atomic E-state index is -0.169. The van der Waals surface area contributed by atoms with Crippen LogP contribution in [0.3, 0.4) is 0 Å². The molecule has 2 aliphatic heterocycles. The van der Waals surface area contributed by atoms with Crippen molar-refractivity contribution in [1.29, 1.82) is 0 Å². The zero-order chi connectivity index (χ0) is 26.9. The largest absolute Gasteiger partial charge is 0.367 e. The van der Waals surface area contributed by atoms with Gasteiger partial charge >= 0.3 is 0 Å². The van der Waals surface area contributed by atoms with Crippen molar-refractivity contribution in [3.8, 4) is 0 Å². The zero-order valence-electron chi connectivity index (χ0n) is 22.5. The fourth-order valence-corrected chi connectivity index (χ4v) is 6.00. The molecular weight excluding hydrogens is 488 g/mol. The van der Waals surface area contributed by atoms with Gasteiger partial charge in [0, 0.05) is 50.6 Å². The smallest absolute Gasteiger partial charge is 0.242 e. The van der Waals surface area contributed by atoms with Crippen molar-refractivity contribution in [3.63, 3.8) is 0 Å². The van der Waals surface area contributed by atoms with Gasteiger partial charge in [0.25, 0.3) is 0 Å². The molecule has 2 aromatic carbocycles. The quantitative estimate of drug-likeness (QED) is 0.398. The van der Waals surface area contributed by atoms with Gasteiger partial charge in [-0.05, 0) is 55.2 Å². The van der Waals surface area contributed by atoms with Gasteiger partial charge in [-0.15, -0.1) is 0 Å². The van der Waals surface area contributed by atoms with Crippen molar-refractivity contribution in [2.75, 3.05) is 31.1 Å². The molecule has 0 saturated carbocycles. The van der Waals surface area contributed by atoms with Crippen LogP contribution in [0.2, 0.25) is 0 Å². The Morgan fingerprint density at radius 3 is 2.64 bits per heavy atom. The Balaban J connectivity index is 1.15. The topological polar surface area (TPSA) is 74.6 Å². The van der Waals surface area contributed by atoms with Crippen molar-refractivity contribution < 1.29 is 9.59 Å². The molecule has 0 radical (unpaired) electrons. The van der Waals surface area contributed by atoms with Gasteiger partial charge in [-0.25, -0.2) is 9.97 Å². The maximum Gasteiger partial charge on any atom is 0.242 e. The third kappa shape index (κ3) is 4.87. The third-order valence-electron chi connectivity index (χ3n) is 8.20. The monoisotopic (exact) mass is 522 g/mol. The van der Waals surface area contributed by atoms with E-state index in [0.717, 1.165) is 42.8 Å². The third-order valence-corrected chi connectivity index (χ3v) is 8.20. The molecule has 2 amide bonds. The predicted octanol–water partition coefficient (Wildman–Crippen LogP) is 3.86. The van der Waals surface area contributed by atoms with Crippen molar-refractivity contribution in [2.45, 2.75) is 45.3 Å². The van der Waals surface area contributed by atoms with E-state index in [0.29, 0.717) is 13.1 Å². The maximum atomic E-state index is 13.4. The standard InChI is InChI=1S/C31H34N6O2/c1-22-18-34(16-17-37(22)29(38)20-36-21-33-27-11-7-14-32-30(27)36)28-12-6-10-25-13-15-35(19-26(25)28)31(39)23(2)24-8-4-3-5-9-24/h3-12,14,21-23H,13,15-20H2,1-2H3. The van der Waals surface area contributed by atoms with Crippen LogP contribution in [0.1, 0.15) is 36.5 Å². The second-order valence-corrected chi connectivity index (χ2v) is 10.7. The molecule has 1 fully saturated rings. The van der Waals surface area contributed by atoms with E-state index in [-0.39, 0.29) is 30.3 Å². The summed E-state index contributed by atoms with van der Waals surface area (Å²) in [4.78, 5) is 41.8. The van der Waals surface area contributed by atoms with Crippen LogP contribution in [0, 0.1) is 0 Å². The number of hydrogen-bond donors (Lipinski definition) is 0. The number of amides is 2. The molecule has 39 heavy (non-hydrogen) atoms. The summed E-state index contributed by atoms with van der Waals surface area (Å²) in [5, 5.41) is 0. The summed E-state index contributed by atoms with van der Waals surface area (Å²) in [7, 11) is 0. The number of nitrogens with zero attached hydrogens (tertiary/aromatic N) is 6. The molecule has 2 aliphatic rings. The first-order valence-corrected chi connectivity index (χ1v) is 13.7. The van der Waals surface area contributed by atoms with E-state index in [4.69, 9.17) is 0 Å². The highest BCUT2D eigenvalue weighted by atomic mass is 16.2. The fourth-order valence-electron chi connectivity index (χ4n) is 6.00. The first kappa shape index (κ1) is 25.1. The van der Waals surface area contributed by atoms with Gasteiger partial charge in [0.05, 0.1) is 12.2 Å². The molecule has 2 aromatic heterocycles. The van der Waals surface area contributed by atoms with E-state index in [2.05, 4.69) is 40.0 Å². The SMILES string of the molecule is CC(C(=O)N1CCc2cccc(N3CCN(C(=O)Cn4cnc5cccnc54)C(C)C3)c2C1)c1ccccc1. The molecule has 8 heteroatoms. The Kier molecular flexibility index (Phi) is 6.77. The first-order valence-electron chi connectivity index (χ1n) is 13.7. The lowest BCUT2D eigenvalue weighted by Crippen LogP contribution is -2.55. The van der Waals surface area contributed by atoms with Crippen LogP contribution in [0.15, 0.2) is 73.2 Å². The molecule has 200 valence electrons. The van der Waals surface area contributed by atoms with Crippen LogP contribution in [-0.2, 0) is 29.1 Å². The minimum Gasteiger partial charge on any atom is -0.367 e. The van der Waals surface area contributed by atoms with Crippen LogP contribution in [0.5, 0.6) is 0 Å². The lowest BCUT2D eigenvalue weighted by Gasteiger charge is -2.43. The Bertz CT molecular complexity index is 1500. The number of hydrogen-bond acceptors (Lipinski definition) is 5. The normalized spacial score (nSPS) is 18.2. The minimum absolute atomic E-state index is 0.0595. The molecule has 4 aromatic rings. The highest BCUT2D eigenvalue weighted by Gasteiger charge is 2.32. The first-order chi connectivity index (χ1) is 19.0. The van der Waals surface area contributed by atoms with Crippen molar-refractivity contribution in [2.24, 2.45) is 0 Å². The van der Waals surface area contributed by atoms with Crippen molar-refractivity contribution in [1.82, 2.24) is 24.3 Å². The predicted molar refractivity (Wildman–Crippen MR) is 151 cm³/mol. The second kappa shape index (κ2) is 10.5. The molecule has 2 atom stereocenters. The zero-order valence-corrected chi connectivity index (χ0v) is 22.5. The molecule has 0 aliphatic carbocycles. The van der Waals surface area contributed by atoms with E-state index in [1.807, 2.05) is 63.8 Å². The van der Waals surface area contributed by atoms with Crippen molar-refractivity contribution in [3.05, 3.63) is 89.9 Å². The average molecular weight is 523 g/mol. The van der Waals surface area contributed by atoms with Crippen molar-refractivity contribution >= 4 is 28.7 Å². The number of benzene rings is 2. The summed E-state index contributed by atoms with van der Waals surface area (Å²) in [6.45, 7) is 7.86. The summed E-state index contributed by atoms with van der Waals surface area (Å²) in [6.07, 6.45) is 4.28. The van der Waals surface area contributed by atoms with Gasteiger partial charge in [0.1, 0.15) is 12.1 Å². The highest BCUT2D eigenvalue weighted by Crippen LogP contribution is 2.32.